The highest BCUT2D eigenvalue weighted by Gasteiger charge is 2.08. The molecular formula is C20H23N5O3. The number of nitrogens with two attached hydrogens (primary N) is 1. The van der Waals surface area contributed by atoms with Crippen molar-refractivity contribution in [3.63, 3.8) is 0 Å². The molecule has 2 amide bonds. The number of hydrogen-bond acceptors (Lipinski definition) is 5. The molecule has 3 N–H and O–H groups in total. The van der Waals surface area contributed by atoms with Gasteiger partial charge in [0.1, 0.15) is 0 Å². The zero-order valence-electron chi connectivity index (χ0n) is 16.2. The smallest absolute Gasteiger partial charge is 0.253 e. The monoisotopic (exact) mass is 381 g/mol. The third-order valence-electron chi connectivity index (χ3n) is 3.61. The minimum atomic E-state index is -0.0824. The minimum Gasteiger partial charge on any atom is -0.409 e. The highest BCUT2D eigenvalue weighted by Crippen LogP contribution is 2.06. The van der Waals surface area contributed by atoms with Crippen molar-refractivity contribution in [2.24, 2.45) is 10.9 Å². The molecule has 0 fully saturated rings. The Morgan fingerprint density at radius 1 is 0.857 bits per heavy atom. The SMILES string of the molecule is CN(C)C(=O)c1ccc(C#N)cc1.CN(C)C(=O)c1ccc(C(N)=NO)cc1. The number of amidine groups is 1. The molecule has 0 aliphatic rings. The van der Waals surface area contributed by atoms with Crippen molar-refractivity contribution in [1.82, 2.24) is 9.80 Å². The number of amides is 2. The zero-order valence-corrected chi connectivity index (χ0v) is 16.2. The lowest BCUT2D eigenvalue weighted by Gasteiger charge is -2.10. The average molecular weight is 381 g/mol. The van der Waals surface area contributed by atoms with Crippen molar-refractivity contribution in [3.8, 4) is 6.07 Å². The van der Waals surface area contributed by atoms with Crippen LogP contribution < -0.4 is 5.73 Å². The van der Waals surface area contributed by atoms with Crippen LogP contribution in [0.1, 0.15) is 31.8 Å². The lowest BCUT2D eigenvalue weighted by Crippen LogP contribution is -2.21. The van der Waals surface area contributed by atoms with Crippen LogP contribution >= 0.6 is 0 Å². The van der Waals surface area contributed by atoms with E-state index in [1.165, 1.54) is 9.80 Å². The number of carbonyl (C=O) groups is 2. The summed E-state index contributed by atoms with van der Waals surface area (Å²) in [7, 11) is 6.75. The first-order chi connectivity index (χ1) is 13.2. The Morgan fingerprint density at radius 2 is 1.21 bits per heavy atom. The topological polar surface area (TPSA) is 123 Å². The quantitative estimate of drug-likeness (QED) is 0.363. The van der Waals surface area contributed by atoms with E-state index in [9.17, 15) is 9.59 Å². The molecule has 0 saturated carbocycles. The van der Waals surface area contributed by atoms with Gasteiger partial charge in [-0.25, -0.2) is 0 Å². The number of nitriles is 1. The Kier molecular flexibility index (Phi) is 8.18. The van der Waals surface area contributed by atoms with E-state index < -0.39 is 0 Å². The molecule has 0 bridgehead atoms. The summed E-state index contributed by atoms with van der Waals surface area (Å²) >= 11 is 0. The van der Waals surface area contributed by atoms with E-state index in [-0.39, 0.29) is 17.6 Å². The van der Waals surface area contributed by atoms with Gasteiger partial charge < -0.3 is 20.7 Å². The molecule has 0 radical (unpaired) electrons. The molecule has 0 aliphatic heterocycles. The predicted octanol–water partition coefficient (Wildman–Crippen LogP) is 1.74. The van der Waals surface area contributed by atoms with Crippen LogP contribution in [-0.4, -0.2) is 60.8 Å². The molecular weight excluding hydrogens is 358 g/mol. The standard InChI is InChI=1S/C10H13N3O2.C10H10N2O/c1-13(2)10(14)8-5-3-7(4-6-8)9(11)12-15;1-12(2)10(13)9-5-3-8(7-11)4-6-9/h3-6,15H,1-2H3,(H2,11,12);3-6H,1-2H3. The van der Waals surface area contributed by atoms with Gasteiger partial charge in [0.15, 0.2) is 5.84 Å². The second-order valence-electron chi connectivity index (χ2n) is 6.15. The molecule has 0 spiro atoms. The molecule has 2 aromatic carbocycles. The summed E-state index contributed by atoms with van der Waals surface area (Å²) in [6.07, 6.45) is 0. The molecule has 146 valence electrons. The Bertz CT molecular complexity index is 880. The Labute approximate surface area is 164 Å². The minimum absolute atomic E-state index is 0.0267. The first kappa shape index (κ1) is 22.2. The maximum atomic E-state index is 11.5. The summed E-state index contributed by atoms with van der Waals surface area (Å²) in [5, 5.41) is 19.8. The molecule has 8 nitrogen and oxygen atoms in total. The molecule has 28 heavy (non-hydrogen) atoms. The van der Waals surface area contributed by atoms with Crippen LogP contribution in [0.4, 0.5) is 0 Å². The lowest BCUT2D eigenvalue weighted by molar-refractivity contribution is 0.0820. The third kappa shape index (κ3) is 6.14. The number of benzene rings is 2. The van der Waals surface area contributed by atoms with Crippen molar-refractivity contribution in [3.05, 3.63) is 70.8 Å². The van der Waals surface area contributed by atoms with E-state index >= 15 is 0 Å². The number of rotatable bonds is 3. The summed E-state index contributed by atoms with van der Waals surface area (Å²) < 4.78 is 0. The van der Waals surface area contributed by atoms with Crippen molar-refractivity contribution in [2.45, 2.75) is 0 Å². The number of nitrogens with zero attached hydrogens (tertiary/aromatic N) is 4. The summed E-state index contributed by atoms with van der Waals surface area (Å²) in [4.78, 5) is 25.9. The Balaban J connectivity index is 0.000000283. The molecule has 0 saturated heterocycles. The van der Waals surface area contributed by atoms with Crippen LogP contribution in [-0.2, 0) is 0 Å². The zero-order chi connectivity index (χ0) is 21.3. The van der Waals surface area contributed by atoms with Crippen LogP contribution in [0.15, 0.2) is 53.7 Å². The second-order valence-corrected chi connectivity index (χ2v) is 6.15. The van der Waals surface area contributed by atoms with E-state index in [0.717, 1.165) is 0 Å². The van der Waals surface area contributed by atoms with Gasteiger partial charge in [-0.3, -0.25) is 9.59 Å². The molecule has 0 aliphatic carbocycles. The van der Waals surface area contributed by atoms with Crippen molar-refractivity contribution >= 4 is 17.6 Å². The summed E-state index contributed by atoms with van der Waals surface area (Å²) in [6.45, 7) is 0. The van der Waals surface area contributed by atoms with Crippen molar-refractivity contribution in [1.29, 1.82) is 5.26 Å². The van der Waals surface area contributed by atoms with Gasteiger partial charge in [0.2, 0.25) is 0 Å². The third-order valence-corrected chi connectivity index (χ3v) is 3.61. The first-order valence-electron chi connectivity index (χ1n) is 8.22. The van der Waals surface area contributed by atoms with E-state index in [2.05, 4.69) is 5.16 Å². The summed E-state index contributed by atoms with van der Waals surface area (Å²) in [6, 6.07) is 15.1. The predicted molar refractivity (Wildman–Crippen MR) is 106 cm³/mol. The van der Waals surface area contributed by atoms with E-state index in [1.807, 2.05) is 6.07 Å². The van der Waals surface area contributed by atoms with Gasteiger partial charge in [-0.05, 0) is 36.4 Å². The molecule has 8 heteroatoms. The van der Waals surface area contributed by atoms with Gasteiger partial charge >= 0.3 is 0 Å². The van der Waals surface area contributed by atoms with Gasteiger partial charge in [-0.1, -0.05) is 17.3 Å². The van der Waals surface area contributed by atoms with Gasteiger partial charge in [-0.15, -0.1) is 0 Å². The van der Waals surface area contributed by atoms with E-state index in [0.29, 0.717) is 22.3 Å². The molecule has 0 atom stereocenters. The van der Waals surface area contributed by atoms with Gasteiger partial charge in [0.25, 0.3) is 11.8 Å². The second kappa shape index (κ2) is 10.3. The Morgan fingerprint density at radius 3 is 1.54 bits per heavy atom. The molecule has 0 aromatic heterocycles. The maximum absolute atomic E-state index is 11.5. The fraction of sp³-hybridized carbons (Fsp3) is 0.200. The van der Waals surface area contributed by atoms with Crippen LogP contribution in [0.2, 0.25) is 0 Å². The van der Waals surface area contributed by atoms with E-state index in [1.54, 1.807) is 76.7 Å². The number of hydrogen-bond donors (Lipinski definition) is 2. The Hall–Kier alpha value is -3.86. The highest BCUT2D eigenvalue weighted by atomic mass is 16.4. The number of oxime groups is 1. The largest absolute Gasteiger partial charge is 0.409 e. The van der Waals surface area contributed by atoms with Crippen molar-refractivity contribution < 1.29 is 14.8 Å². The number of carbonyl (C=O) groups excluding carboxylic acids is 2. The van der Waals surface area contributed by atoms with Crippen LogP contribution in [0.5, 0.6) is 0 Å². The molecule has 0 heterocycles. The van der Waals surface area contributed by atoms with E-state index in [4.69, 9.17) is 16.2 Å². The lowest BCUT2D eigenvalue weighted by atomic mass is 10.1. The van der Waals surface area contributed by atoms with Gasteiger partial charge in [0, 0.05) is 44.9 Å². The summed E-state index contributed by atoms with van der Waals surface area (Å²) in [5.41, 5.74) is 7.69. The normalized spacial score (nSPS) is 10.2. The molecule has 2 aromatic rings. The maximum Gasteiger partial charge on any atom is 0.253 e. The van der Waals surface area contributed by atoms with Crippen LogP contribution in [0.25, 0.3) is 0 Å². The first-order valence-corrected chi connectivity index (χ1v) is 8.22. The van der Waals surface area contributed by atoms with Gasteiger partial charge in [-0.2, -0.15) is 5.26 Å². The van der Waals surface area contributed by atoms with Crippen LogP contribution in [0, 0.1) is 11.3 Å². The van der Waals surface area contributed by atoms with Crippen LogP contribution in [0.3, 0.4) is 0 Å². The molecule has 2 rings (SSSR count). The fourth-order valence-electron chi connectivity index (χ4n) is 2.05. The summed E-state index contributed by atoms with van der Waals surface area (Å²) in [5.74, 6) is -0.107. The fourth-order valence-corrected chi connectivity index (χ4v) is 2.05. The van der Waals surface area contributed by atoms with Crippen molar-refractivity contribution in [2.75, 3.05) is 28.2 Å². The highest BCUT2D eigenvalue weighted by molar-refractivity contribution is 5.99. The molecule has 0 unspecified atom stereocenters. The average Bonchev–Trinajstić information content (AvgIpc) is 2.72. The van der Waals surface area contributed by atoms with Gasteiger partial charge in [0.05, 0.1) is 11.6 Å².